The SMILES string of the molecule is CCCCN1CCCc2cc(CN(C(=S)Nc3cccc(OC)c3)C(C)CC)ccc21. The standard InChI is InChI=1S/C26H37N3OS/c1-5-7-15-28-16-9-10-22-17-21(13-14-25(22)28)19-29(20(3)6-2)26(31)27-23-11-8-12-24(18-23)30-4/h8,11-14,17-18,20H,5-7,9-10,15-16,19H2,1-4H3,(H,27,31). The van der Waals surface area contributed by atoms with Crippen molar-refractivity contribution >= 4 is 28.7 Å². The number of ether oxygens (including phenoxy) is 1. The predicted molar refractivity (Wildman–Crippen MR) is 136 cm³/mol. The molecule has 1 unspecified atom stereocenters. The van der Waals surface area contributed by atoms with E-state index in [0.29, 0.717) is 6.04 Å². The highest BCUT2D eigenvalue weighted by atomic mass is 32.1. The van der Waals surface area contributed by atoms with Crippen LogP contribution in [0.1, 0.15) is 57.6 Å². The smallest absolute Gasteiger partial charge is 0.173 e. The van der Waals surface area contributed by atoms with Gasteiger partial charge in [-0.05, 0) is 74.2 Å². The zero-order chi connectivity index (χ0) is 22.2. The molecule has 1 aliphatic heterocycles. The summed E-state index contributed by atoms with van der Waals surface area (Å²) in [5.74, 6) is 0.824. The van der Waals surface area contributed by atoms with Crippen LogP contribution < -0.4 is 15.0 Å². The van der Waals surface area contributed by atoms with Crippen LogP contribution in [-0.2, 0) is 13.0 Å². The van der Waals surface area contributed by atoms with Gasteiger partial charge < -0.3 is 19.9 Å². The minimum Gasteiger partial charge on any atom is -0.497 e. The molecule has 31 heavy (non-hydrogen) atoms. The predicted octanol–water partition coefficient (Wildman–Crippen LogP) is 6.25. The Morgan fingerprint density at radius 3 is 2.81 bits per heavy atom. The van der Waals surface area contributed by atoms with Crippen LogP contribution in [0, 0.1) is 0 Å². The van der Waals surface area contributed by atoms with Gasteiger partial charge >= 0.3 is 0 Å². The summed E-state index contributed by atoms with van der Waals surface area (Å²) >= 11 is 5.83. The molecule has 0 aliphatic carbocycles. The van der Waals surface area contributed by atoms with E-state index in [0.717, 1.165) is 36.1 Å². The minimum atomic E-state index is 0.350. The summed E-state index contributed by atoms with van der Waals surface area (Å²) in [6.07, 6.45) is 5.95. The number of thiocarbonyl (C=S) groups is 1. The lowest BCUT2D eigenvalue weighted by atomic mass is 9.98. The molecule has 0 saturated carbocycles. The van der Waals surface area contributed by atoms with Gasteiger partial charge in [0.1, 0.15) is 5.75 Å². The van der Waals surface area contributed by atoms with Crippen molar-refractivity contribution in [2.24, 2.45) is 0 Å². The third-order valence-electron chi connectivity index (χ3n) is 6.20. The molecule has 0 saturated heterocycles. The average Bonchev–Trinajstić information content (AvgIpc) is 2.80. The van der Waals surface area contributed by atoms with Gasteiger partial charge in [0.2, 0.25) is 0 Å². The average molecular weight is 440 g/mol. The lowest BCUT2D eigenvalue weighted by molar-refractivity contribution is 0.319. The minimum absolute atomic E-state index is 0.350. The highest BCUT2D eigenvalue weighted by molar-refractivity contribution is 7.80. The lowest BCUT2D eigenvalue weighted by Gasteiger charge is -2.34. The molecular weight excluding hydrogens is 402 g/mol. The van der Waals surface area contributed by atoms with Crippen molar-refractivity contribution in [3.8, 4) is 5.75 Å². The first-order chi connectivity index (χ1) is 15.0. The Bertz CT molecular complexity index is 869. The molecule has 1 N–H and O–H groups in total. The first-order valence-corrected chi connectivity index (χ1v) is 12.0. The van der Waals surface area contributed by atoms with E-state index in [4.69, 9.17) is 17.0 Å². The number of anilines is 2. The number of benzene rings is 2. The second kappa shape index (κ2) is 11.4. The van der Waals surface area contributed by atoms with Crippen LogP contribution in [0.5, 0.6) is 5.75 Å². The number of hydrogen-bond acceptors (Lipinski definition) is 3. The molecule has 0 bridgehead atoms. The number of methoxy groups -OCH3 is 1. The molecular formula is C26H37N3OS. The van der Waals surface area contributed by atoms with Gasteiger partial charge in [-0.2, -0.15) is 0 Å². The van der Waals surface area contributed by atoms with Crippen molar-refractivity contribution in [2.75, 3.05) is 30.4 Å². The highest BCUT2D eigenvalue weighted by Gasteiger charge is 2.20. The zero-order valence-corrected chi connectivity index (χ0v) is 20.3. The van der Waals surface area contributed by atoms with Crippen LogP contribution in [-0.4, -0.2) is 36.3 Å². The zero-order valence-electron chi connectivity index (χ0n) is 19.5. The summed E-state index contributed by atoms with van der Waals surface area (Å²) in [6, 6.07) is 15.3. The maximum atomic E-state index is 5.83. The first-order valence-electron chi connectivity index (χ1n) is 11.6. The molecule has 2 aromatic rings. The Morgan fingerprint density at radius 1 is 1.23 bits per heavy atom. The Labute approximate surface area is 193 Å². The fourth-order valence-corrected chi connectivity index (χ4v) is 4.51. The molecule has 1 heterocycles. The summed E-state index contributed by atoms with van der Waals surface area (Å²) in [7, 11) is 1.68. The van der Waals surface area contributed by atoms with Gasteiger partial charge in [-0.15, -0.1) is 0 Å². The second-order valence-electron chi connectivity index (χ2n) is 8.45. The third-order valence-corrected chi connectivity index (χ3v) is 6.53. The van der Waals surface area contributed by atoms with Crippen LogP contribution in [0.4, 0.5) is 11.4 Å². The van der Waals surface area contributed by atoms with E-state index in [2.05, 4.69) is 54.1 Å². The van der Waals surface area contributed by atoms with Crippen molar-refractivity contribution in [3.63, 3.8) is 0 Å². The second-order valence-corrected chi connectivity index (χ2v) is 8.84. The largest absolute Gasteiger partial charge is 0.497 e. The van der Waals surface area contributed by atoms with Gasteiger partial charge in [0.05, 0.1) is 7.11 Å². The van der Waals surface area contributed by atoms with E-state index in [1.54, 1.807) is 7.11 Å². The number of nitrogens with one attached hydrogen (secondary N) is 1. The maximum absolute atomic E-state index is 5.83. The monoisotopic (exact) mass is 439 g/mol. The Hall–Kier alpha value is -2.27. The highest BCUT2D eigenvalue weighted by Crippen LogP contribution is 2.29. The van der Waals surface area contributed by atoms with E-state index in [9.17, 15) is 0 Å². The van der Waals surface area contributed by atoms with E-state index in [-0.39, 0.29) is 0 Å². The van der Waals surface area contributed by atoms with Gasteiger partial charge in [0.25, 0.3) is 0 Å². The molecule has 3 rings (SSSR count). The quantitative estimate of drug-likeness (QED) is 0.467. The number of hydrogen-bond donors (Lipinski definition) is 1. The molecule has 0 aromatic heterocycles. The van der Waals surface area contributed by atoms with Crippen molar-refractivity contribution < 1.29 is 4.74 Å². The Balaban J connectivity index is 1.75. The fraction of sp³-hybridized carbons (Fsp3) is 0.500. The van der Waals surface area contributed by atoms with Crippen LogP contribution in [0.2, 0.25) is 0 Å². The van der Waals surface area contributed by atoms with Crippen molar-refractivity contribution in [1.82, 2.24) is 4.90 Å². The van der Waals surface area contributed by atoms with Crippen LogP contribution in [0.15, 0.2) is 42.5 Å². The molecule has 1 aliphatic rings. The van der Waals surface area contributed by atoms with Crippen molar-refractivity contribution in [2.45, 2.75) is 65.5 Å². The normalized spacial score (nSPS) is 14.0. The third kappa shape index (κ3) is 6.13. The molecule has 0 amide bonds. The fourth-order valence-electron chi connectivity index (χ4n) is 4.15. The molecule has 0 radical (unpaired) electrons. The summed E-state index contributed by atoms with van der Waals surface area (Å²) in [6.45, 7) is 9.87. The first kappa shape index (κ1) is 23.4. The lowest BCUT2D eigenvalue weighted by Crippen LogP contribution is -2.40. The van der Waals surface area contributed by atoms with E-state index in [1.165, 1.54) is 49.0 Å². The number of unbranched alkanes of at least 4 members (excludes halogenated alkanes) is 1. The van der Waals surface area contributed by atoms with E-state index < -0.39 is 0 Å². The molecule has 1 atom stereocenters. The van der Waals surface area contributed by atoms with Gasteiger partial charge in [-0.1, -0.05) is 38.5 Å². The number of nitrogens with zero attached hydrogens (tertiary/aromatic N) is 2. The van der Waals surface area contributed by atoms with Gasteiger partial charge in [-0.3, -0.25) is 0 Å². The van der Waals surface area contributed by atoms with Crippen LogP contribution >= 0.6 is 12.2 Å². The summed E-state index contributed by atoms with van der Waals surface area (Å²) in [5.41, 5.74) is 5.19. The number of rotatable bonds is 9. The number of fused-ring (bicyclic) bond motifs is 1. The maximum Gasteiger partial charge on any atom is 0.173 e. The van der Waals surface area contributed by atoms with Crippen LogP contribution in [0.3, 0.4) is 0 Å². The molecule has 0 fully saturated rings. The van der Waals surface area contributed by atoms with Crippen molar-refractivity contribution in [1.29, 1.82) is 0 Å². The Kier molecular flexibility index (Phi) is 8.59. The van der Waals surface area contributed by atoms with E-state index >= 15 is 0 Å². The van der Waals surface area contributed by atoms with Gasteiger partial charge in [0, 0.05) is 43.1 Å². The van der Waals surface area contributed by atoms with Gasteiger partial charge in [0.15, 0.2) is 5.11 Å². The van der Waals surface area contributed by atoms with Gasteiger partial charge in [-0.25, -0.2) is 0 Å². The number of aryl methyl sites for hydroxylation is 1. The molecule has 4 nitrogen and oxygen atoms in total. The van der Waals surface area contributed by atoms with Crippen LogP contribution in [0.25, 0.3) is 0 Å². The van der Waals surface area contributed by atoms with Crippen molar-refractivity contribution in [3.05, 3.63) is 53.6 Å². The summed E-state index contributed by atoms with van der Waals surface area (Å²) < 4.78 is 5.35. The topological polar surface area (TPSA) is 27.7 Å². The molecule has 168 valence electrons. The summed E-state index contributed by atoms with van der Waals surface area (Å²) in [4.78, 5) is 4.86. The molecule has 2 aromatic carbocycles. The summed E-state index contributed by atoms with van der Waals surface area (Å²) in [5, 5.41) is 4.17. The van der Waals surface area contributed by atoms with E-state index in [1.807, 2.05) is 24.3 Å². The Morgan fingerprint density at radius 2 is 2.06 bits per heavy atom. The molecule has 0 spiro atoms. The molecule has 5 heteroatoms.